The number of hydrogen-bond donors (Lipinski definition) is 0. The smallest absolute Gasteiger partial charge is 0.310 e. The highest BCUT2D eigenvalue weighted by molar-refractivity contribution is 9.10. The number of ether oxygens (including phenoxy) is 5. The Hall–Kier alpha value is -2.41. The van der Waals surface area contributed by atoms with Crippen molar-refractivity contribution in [2.24, 2.45) is 0 Å². The molecular weight excluding hydrogens is 404 g/mol. The van der Waals surface area contributed by atoms with Gasteiger partial charge < -0.3 is 23.7 Å². The lowest BCUT2D eigenvalue weighted by atomic mass is 10.1. The van der Waals surface area contributed by atoms with Crippen LogP contribution in [0.3, 0.4) is 0 Å². The quantitative estimate of drug-likeness (QED) is 0.601. The number of esters is 1. The molecule has 0 aliphatic rings. The minimum absolute atomic E-state index is 0.0160. The first kappa shape index (κ1) is 19.9. The molecule has 0 radical (unpaired) electrons. The van der Waals surface area contributed by atoms with E-state index in [0.717, 1.165) is 5.56 Å². The Morgan fingerprint density at radius 1 is 0.885 bits per heavy atom. The average molecular weight is 425 g/mol. The van der Waals surface area contributed by atoms with Gasteiger partial charge in [0.05, 0.1) is 39.3 Å². The molecule has 0 amide bonds. The van der Waals surface area contributed by atoms with Crippen molar-refractivity contribution in [1.29, 1.82) is 0 Å². The van der Waals surface area contributed by atoms with E-state index in [4.69, 9.17) is 23.7 Å². The van der Waals surface area contributed by atoms with Crippen molar-refractivity contribution in [1.82, 2.24) is 0 Å². The molecule has 0 saturated heterocycles. The van der Waals surface area contributed by atoms with Crippen LogP contribution < -0.4 is 18.9 Å². The first-order valence-electron chi connectivity index (χ1n) is 7.81. The Morgan fingerprint density at radius 3 is 2.00 bits per heavy atom. The Morgan fingerprint density at radius 2 is 1.46 bits per heavy atom. The molecule has 0 atom stereocenters. The summed E-state index contributed by atoms with van der Waals surface area (Å²) in [7, 11) is 5.85. The molecule has 0 bridgehead atoms. The maximum Gasteiger partial charge on any atom is 0.310 e. The van der Waals surface area contributed by atoms with Crippen LogP contribution in [0.4, 0.5) is 0 Å². The van der Waals surface area contributed by atoms with Gasteiger partial charge in [0.25, 0.3) is 0 Å². The predicted molar refractivity (Wildman–Crippen MR) is 100 cm³/mol. The van der Waals surface area contributed by atoms with Gasteiger partial charge in [0.1, 0.15) is 6.61 Å². The van der Waals surface area contributed by atoms with Crippen molar-refractivity contribution >= 4 is 21.9 Å². The standard InChI is InChI=1S/C19H21BrO6/c1-22-14(21)10-13-15(20)17(23-2)19(25-4)18(24-3)16(13)26-11-12-8-6-5-7-9-12/h5-9H,10-11H2,1-4H3. The molecule has 2 rings (SSSR count). The van der Waals surface area contributed by atoms with E-state index >= 15 is 0 Å². The number of rotatable bonds is 8. The molecule has 0 saturated carbocycles. The summed E-state index contributed by atoms with van der Waals surface area (Å²) < 4.78 is 27.7. The zero-order valence-electron chi connectivity index (χ0n) is 15.1. The highest BCUT2D eigenvalue weighted by atomic mass is 79.9. The van der Waals surface area contributed by atoms with Gasteiger partial charge in [0.15, 0.2) is 11.5 Å². The molecule has 0 spiro atoms. The fourth-order valence-corrected chi connectivity index (χ4v) is 3.15. The molecule has 0 aliphatic carbocycles. The highest BCUT2D eigenvalue weighted by Gasteiger charge is 2.28. The van der Waals surface area contributed by atoms with Crippen molar-refractivity contribution in [2.75, 3.05) is 28.4 Å². The molecule has 6 nitrogen and oxygen atoms in total. The van der Waals surface area contributed by atoms with E-state index in [9.17, 15) is 4.79 Å². The molecule has 2 aromatic carbocycles. The minimum atomic E-state index is -0.412. The van der Waals surface area contributed by atoms with Crippen LogP contribution in [0, 0.1) is 0 Å². The summed E-state index contributed by atoms with van der Waals surface area (Å²) in [6, 6.07) is 9.68. The fraction of sp³-hybridized carbons (Fsp3) is 0.316. The lowest BCUT2D eigenvalue weighted by Gasteiger charge is -2.21. The Kier molecular flexibility index (Phi) is 7.15. The van der Waals surface area contributed by atoms with E-state index in [2.05, 4.69) is 15.9 Å². The van der Waals surface area contributed by atoms with Crippen LogP contribution >= 0.6 is 15.9 Å². The van der Waals surface area contributed by atoms with Crippen molar-refractivity contribution in [2.45, 2.75) is 13.0 Å². The van der Waals surface area contributed by atoms with Gasteiger partial charge in [-0.05, 0) is 21.5 Å². The summed E-state index contributed by atoms with van der Waals surface area (Å²) in [4.78, 5) is 11.9. The zero-order chi connectivity index (χ0) is 19.1. The van der Waals surface area contributed by atoms with E-state index in [1.807, 2.05) is 30.3 Å². The molecule has 7 heteroatoms. The van der Waals surface area contributed by atoms with Gasteiger partial charge in [-0.2, -0.15) is 0 Å². The van der Waals surface area contributed by atoms with Crippen LogP contribution in [0.5, 0.6) is 23.0 Å². The van der Waals surface area contributed by atoms with Gasteiger partial charge in [-0.3, -0.25) is 4.79 Å². The monoisotopic (exact) mass is 424 g/mol. The first-order chi connectivity index (χ1) is 12.6. The van der Waals surface area contributed by atoms with Gasteiger partial charge in [-0.15, -0.1) is 0 Å². The molecule has 0 aromatic heterocycles. The SMILES string of the molecule is COC(=O)Cc1c(Br)c(OC)c(OC)c(OC)c1OCc1ccccc1. The summed E-state index contributed by atoms with van der Waals surface area (Å²) in [6.45, 7) is 0.299. The van der Waals surface area contributed by atoms with Gasteiger partial charge in [0, 0.05) is 5.56 Å². The Bertz CT molecular complexity index is 761. The van der Waals surface area contributed by atoms with Crippen LogP contribution in [0.2, 0.25) is 0 Å². The van der Waals surface area contributed by atoms with Crippen LogP contribution in [-0.4, -0.2) is 34.4 Å². The fourth-order valence-electron chi connectivity index (χ4n) is 2.49. The molecule has 26 heavy (non-hydrogen) atoms. The molecule has 2 aromatic rings. The molecule has 0 unspecified atom stereocenters. The highest BCUT2D eigenvalue weighted by Crippen LogP contribution is 2.52. The van der Waals surface area contributed by atoms with E-state index in [1.165, 1.54) is 28.4 Å². The summed E-state index contributed by atoms with van der Waals surface area (Å²) >= 11 is 3.48. The van der Waals surface area contributed by atoms with Crippen molar-refractivity contribution in [3.63, 3.8) is 0 Å². The molecule has 0 fully saturated rings. The third-order valence-electron chi connectivity index (χ3n) is 3.74. The van der Waals surface area contributed by atoms with Crippen LogP contribution in [0.15, 0.2) is 34.8 Å². The van der Waals surface area contributed by atoms with E-state index in [0.29, 0.717) is 39.6 Å². The topological polar surface area (TPSA) is 63.2 Å². The Balaban J connectivity index is 2.56. The number of methoxy groups -OCH3 is 4. The van der Waals surface area contributed by atoms with E-state index < -0.39 is 5.97 Å². The molecular formula is C19H21BrO6. The van der Waals surface area contributed by atoms with Gasteiger partial charge in [-0.25, -0.2) is 0 Å². The van der Waals surface area contributed by atoms with Crippen LogP contribution in [0.1, 0.15) is 11.1 Å². The second-order valence-electron chi connectivity index (χ2n) is 5.25. The molecule has 0 N–H and O–H groups in total. The summed E-state index contributed by atoms with van der Waals surface area (Å²) in [5.41, 5.74) is 1.53. The predicted octanol–water partition coefficient (Wildman–Crippen LogP) is 3.77. The zero-order valence-corrected chi connectivity index (χ0v) is 16.7. The molecule has 0 heterocycles. The minimum Gasteiger partial charge on any atom is -0.492 e. The second kappa shape index (κ2) is 9.33. The normalized spacial score (nSPS) is 10.2. The maximum absolute atomic E-state index is 11.9. The summed E-state index contributed by atoms with van der Waals surface area (Å²) in [5.74, 6) is 1.12. The largest absolute Gasteiger partial charge is 0.492 e. The van der Waals surface area contributed by atoms with Crippen LogP contribution in [0.25, 0.3) is 0 Å². The number of hydrogen-bond acceptors (Lipinski definition) is 6. The van der Waals surface area contributed by atoms with Crippen molar-refractivity contribution in [3.05, 3.63) is 45.9 Å². The van der Waals surface area contributed by atoms with Gasteiger partial charge >= 0.3 is 5.97 Å². The summed E-state index contributed by atoms with van der Waals surface area (Å²) in [6.07, 6.45) is -0.0160. The lowest BCUT2D eigenvalue weighted by molar-refractivity contribution is -0.139. The number of benzene rings is 2. The second-order valence-corrected chi connectivity index (χ2v) is 6.04. The van der Waals surface area contributed by atoms with Crippen molar-refractivity contribution < 1.29 is 28.5 Å². The number of carbonyl (C=O) groups excluding carboxylic acids is 1. The van der Waals surface area contributed by atoms with E-state index in [-0.39, 0.29) is 6.42 Å². The summed E-state index contributed by atoms with van der Waals surface area (Å²) in [5, 5.41) is 0. The Labute approximate surface area is 161 Å². The average Bonchev–Trinajstić information content (AvgIpc) is 2.68. The third kappa shape index (κ3) is 4.22. The van der Waals surface area contributed by atoms with E-state index in [1.54, 1.807) is 0 Å². The third-order valence-corrected chi connectivity index (χ3v) is 4.58. The van der Waals surface area contributed by atoms with Gasteiger partial charge in [0.2, 0.25) is 11.5 Å². The van der Waals surface area contributed by atoms with Gasteiger partial charge in [-0.1, -0.05) is 30.3 Å². The van der Waals surface area contributed by atoms with Crippen molar-refractivity contribution in [3.8, 4) is 23.0 Å². The number of carbonyl (C=O) groups is 1. The lowest BCUT2D eigenvalue weighted by Crippen LogP contribution is -2.10. The maximum atomic E-state index is 11.9. The first-order valence-corrected chi connectivity index (χ1v) is 8.60. The molecule has 0 aliphatic heterocycles. The number of halogens is 1. The molecule has 140 valence electrons. The van der Waals surface area contributed by atoms with Crippen LogP contribution in [-0.2, 0) is 22.6 Å².